The molecule has 176 valence electrons. The first-order chi connectivity index (χ1) is 15.9. The van der Waals surface area contributed by atoms with E-state index in [9.17, 15) is 14.7 Å². The number of likely N-dealkylation sites (tertiary alicyclic amines) is 1. The van der Waals surface area contributed by atoms with Gasteiger partial charge in [0, 0.05) is 37.4 Å². The van der Waals surface area contributed by atoms with E-state index in [0.717, 1.165) is 19.6 Å². The molecule has 0 saturated carbocycles. The Hall–Kier alpha value is -3.17. The second-order valence-corrected chi connectivity index (χ2v) is 8.35. The van der Waals surface area contributed by atoms with Gasteiger partial charge < -0.3 is 19.5 Å². The molecular formula is C24H30N4O5. The number of aliphatic hydroxyl groups excluding tert-OH is 1. The number of ether oxygens (including phenoxy) is 2. The van der Waals surface area contributed by atoms with Crippen molar-refractivity contribution >= 4 is 17.4 Å². The summed E-state index contributed by atoms with van der Waals surface area (Å²) in [5.41, 5.74) is 2.35. The lowest BCUT2D eigenvalue weighted by Gasteiger charge is -2.29. The number of carbonyl (C=O) groups excluding carboxylic acids is 2. The summed E-state index contributed by atoms with van der Waals surface area (Å²) in [4.78, 5) is 30.2. The maximum Gasteiger partial charge on any atom is 0.295 e. The van der Waals surface area contributed by atoms with E-state index in [1.807, 2.05) is 18.2 Å². The number of rotatable bonds is 7. The lowest BCUT2D eigenvalue weighted by molar-refractivity contribution is -0.140. The van der Waals surface area contributed by atoms with Gasteiger partial charge in [0.15, 0.2) is 0 Å². The Bertz CT molecular complexity index is 1050. The predicted molar refractivity (Wildman–Crippen MR) is 122 cm³/mol. The zero-order valence-corrected chi connectivity index (χ0v) is 19.3. The molecule has 1 amide bonds. The number of nitrogens with zero attached hydrogens (tertiary/aromatic N) is 3. The van der Waals surface area contributed by atoms with Crippen LogP contribution in [-0.2, 0) is 14.3 Å². The van der Waals surface area contributed by atoms with Crippen LogP contribution in [0.1, 0.15) is 35.0 Å². The number of H-pyrrole nitrogens is 1. The topological polar surface area (TPSA) is 108 Å². The predicted octanol–water partition coefficient (Wildman–Crippen LogP) is 2.18. The molecule has 33 heavy (non-hydrogen) atoms. The monoisotopic (exact) mass is 454 g/mol. The minimum Gasteiger partial charge on any atom is -0.507 e. The first-order valence-electron chi connectivity index (χ1n) is 11.2. The number of hydrogen-bond donors (Lipinski definition) is 2. The van der Waals surface area contributed by atoms with Crippen LogP contribution in [0, 0.1) is 13.8 Å². The molecule has 1 aromatic heterocycles. The van der Waals surface area contributed by atoms with Gasteiger partial charge in [-0.3, -0.25) is 19.6 Å². The third kappa shape index (κ3) is 4.38. The molecule has 3 heterocycles. The number of aryl methyl sites for hydroxylation is 2. The van der Waals surface area contributed by atoms with Crippen molar-refractivity contribution in [2.24, 2.45) is 0 Å². The van der Waals surface area contributed by atoms with Crippen molar-refractivity contribution in [2.75, 3.05) is 46.5 Å². The minimum absolute atomic E-state index is 0.0588. The zero-order valence-electron chi connectivity index (χ0n) is 19.3. The molecule has 0 spiro atoms. The number of ketones is 1. The number of nitrogens with one attached hydrogen (secondary N) is 1. The van der Waals surface area contributed by atoms with Gasteiger partial charge in [0.1, 0.15) is 11.5 Å². The van der Waals surface area contributed by atoms with Gasteiger partial charge in [0.05, 0.1) is 43.2 Å². The Kier molecular flexibility index (Phi) is 6.80. The lowest BCUT2D eigenvalue weighted by atomic mass is 9.94. The number of amides is 1. The number of Topliss-reactive ketones (excluding diaryl/α,β-unsaturated/α-hetero) is 1. The third-order valence-corrected chi connectivity index (χ3v) is 6.32. The van der Waals surface area contributed by atoms with Crippen molar-refractivity contribution in [3.63, 3.8) is 0 Å². The number of methoxy groups -OCH3 is 1. The molecule has 4 rings (SSSR count). The average molecular weight is 455 g/mol. The summed E-state index contributed by atoms with van der Waals surface area (Å²) >= 11 is 0. The van der Waals surface area contributed by atoms with Gasteiger partial charge in [-0.15, -0.1) is 0 Å². The Labute approximate surface area is 193 Å². The molecular weight excluding hydrogens is 424 g/mol. The number of hydrogen-bond acceptors (Lipinski definition) is 7. The molecule has 0 aliphatic carbocycles. The van der Waals surface area contributed by atoms with E-state index < -0.39 is 17.7 Å². The fraction of sp³-hybridized carbons (Fsp3) is 0.458. The molecule has 2 fully saturated rings. The summed E-state index contributed by atoms with van der Waals surface area (Å²) in [6.45, 7) is 7.81. The van der Waals surface area contributed by atoms with Crippen molar-refractivity contribution in [3.05, 3.63) is 52.4 Å². The Morgan fingerprint density at radius 2 is 1.94 bits per heavy atom. The molecule has 2 saturated heterocycles. The third-order valence-electron chi connectivity index (χ3n) is 6.32. The number of aromatic amines is 1. The first-order valence-corrected chi connectivity index (χ1v) is 11.2. The van der Waals surface area contributed by atoms with Crippen molar-refractivity contribution in [3.8, 4) is 5.75 Å². The molecule has 1 aromatic carbocycles. The van der Waals surface area contributed by atoms with Crippen LogP contribution in [0.4, 0.5) is 0 Å². The smallest absolute Gasteiger partial charge is 0.295 e. The highest BCUT2D eigenvalue weighted by Crippen LogP contribution is 2.43. The van der Waals surface area contributed by atoms with Gasteiger partial charge in [0.2, 0.25) is 0 Å². The van der Waals surface area contributed by atoms with Crippen molar-refractivity contribution in [2.45, 2.75) is 26.3 Å². The second-order valence-electron chi connectivity index (χ2n) is 8.35. The summed E-state index contributed by atoms with van der Waals surface area (Å²) in [5.74, 6) is -0.985. The number of para-hydroxylation sites is 1. The highest BCUT2D eigenvalue weighted by atomic mass is 16.5. The summed E-state index contributed by atoms with van der Waals surface area (Å²) < 4.78 is 10.9. The van der Waals surface area contributed by atoms with Crippen LogP contribution >= 0.6 is 0 Å². The molecule has 2 N–H and O–H groups in total. The lowest BCUT2D eigenvalue weighted by Crippen LogP contribution is -2.39. The fourth-order valence-electron chi connectivity index (χ4n) is 4.65. The molecule has 0 radical (unpaired) electrons. The fourth-order valence-corrected chi connectivity index (χ4v) is 4.65. The van der Waals surface area contributed by atoms with Crippen molar-refractivity contribution < 1.29 is 24.2 Å². The van der Waals surface area contributed by atoms with E-state index >= 15 is 0 Å². The maximum atomic E-state index is 13.2. The number of benzene rings is 1. The summed E-state index contributed by atoms with van der Waals surface area (Å²) in [6, 6.07) is 6.53. The molecule has 9 heteroatoms. The molecule has 2 aliphatic heterocycles. The number of carbonyl (C=O) groups is 2. The zero-order chi connectivity index (χ0) is 23.5. The van der Waals surface area contributed by atoms with E-state index in [1.54, 1.807) is 31.9 Å². The van der Waals surface area contributed by atoms with Gasteiger partial charge in [-0.25, -0.2) is 0 Å². The highest BCUT2D eigenvalue weighted by molar-refractivity contribution is 6.46. The van der Waals surface area contributed by atoms with Crippen molar-refractivity contribution in [1.82, 2.24) is 20.0 Å². The second kappa shape index (κ2) is 9.76. The van der Waals surface area contributed by atoms with E-state index in [-0.39, 0.29) is 11.3 Å². The minimum atomic E-state index is -0.750. The van der Waals surface area contributed by atoms with Crippen LogP contribution in [0.25, 0.3) is 5.76 Å². The van der Waals surface area contributed by atoms with E-state index in [1.165, 1.54) is 0 Å². The molecule has 1 unspecified atom stereocenters. The quantitative estimate of drug-likeness (QED) is 0.375. The standard InChI is InChI=1S/C24H30N4O5/c1-15-19(16(2)26-25-15)22(29)20-21(17-7-4-5-8-18(17)32-3)28(24(31)23(20)30)10-6-9-27-11-13-33-14-12-27/h4-5,7-8,21,29H,6,9-14H2,1-3H3,(H,25,26)/b22-20+. The van der Waals surface area contributed by atoms with Crippen molar-refractivity contribution in [1.29, 1.82) is 0 Å². The Morgan fingerprint density at radius 3 is 2.61 bits per heavy atom. The Morgan fingerprint density at radius 1 is 1.21 bits per heavy atom. The largest absolute Gasteiger partial charge is 0.507 e. The number of morpholine rings is 1. The van der Waals surface area contributed by atoms with Gasteiger partial charge in [-0.2, -0.15) is 5.10 Å². The molecule has 0 bridgehead atoms. The molecule has 2 aromatic rings. The van der Waals surface area contributed by atoms with Crippen LogP contribution in [-0.4, -0.2) is 83.3 Å². The van der Waals surface area contributed by atoms with Gasteiger partial charge >= 0.3 is 0 Å². The van der Waals surface area contributed by atoms with Crippen LogP contribution in [0.15, 0.2) is 29.8 Å². The normalized spacial score (nSPS) is 21.1. The van der Waals surface area contributed by atoms with Crippen LogP contribution in [0.5, 0.6) is 5.75 Å². The van der Waals surface area contributed by atoms with E-state index in [0.29, 0.717) is 54.4 Å². The summed E-state index contributed by atoms with van der Waals surface area (Å²) in [7, 11) is 1.55. The summed E-state index contributed by atoms with van der Waals surface area (Å²) in [5, 5.41) is 18.2. The van der Waals surface area contributed by atoms with Crippen LogP contribution in [0.2, 0.25) is 0 Å². The average Bonchev–Trinajstić information content (AvgIpc) is 3.29. The molecule has 9 nitrogen and oxygen atoms in total. The van der Waals surface area contributed by atoms with Crippen LogP contribution in [0.3, 0.4) is 0 Å². The van der Waals surface area contributed by atoms with E-state index in [2.05, 4.69) is 15.1 Å². The number of aliphatic hydroxyl groups is 1. The van der Waals surface area contributed by atoms with Crippen LogP contribution < -0.4 is 4.74 Å². The molecule has 2 aliphatic rings. The number of aromatic nitrogens is 2. The Balaban J connectivity index is 1.73. The maximum absolute atomic E-state index is 13.2. The summed E-state index contributed by atoms with van der Waals surface area (Å²) in [6.07, 6.45) is 0.697. The van der Waals surface area contributed by atoms with Gasteiger partial charge in [-0.1, -0.05) is 18.2 Å². The van der Waals surface area contributed by atoms with E-state index in [4.69, 9.17) is 9.47 Å². The highest BCUT2D eigenvalue weighted by Gasteiger charge is 2.47. The van der Waals surface area contributed by atoms with Gasteiger partial charge in [0.25, 0.3) is 11.7 Å². The first kappa shape index (κ1) is 23.0. The van der Waals surface area contributed by atoms with Gasteiger partial charge in [-0.05, 0) is 26.3 Å². The SMILES string of the molecule is COc1ccccc1C1/C(=C(\O)c2c(C)n[nH]c2C)C(=O)C(=O)N1CCCN1CCOCC1. The molecule has 1 atom stereocenters.